The molecule has 0 radical (unpaired) electrons. The maximum Gasteiger partial charge on any atom is 0.410 e. The lowest BCUT2D eigenvalue weighted by atomic mass is 10.1. The number of hydrogen-bond donors (Lipinski definition) is 2. The molecule has 1 saturated heterocycles. The average Bonchev–Trinajstić information content (AvgIpc) is 3.02. The standard InChI is InChI=1S/C21H25F2N3O3S/c1-21(2,3)29-20(28)26-6-4-5-15(11-26)25-19(27)18-16(24)10-17(30-18)12-7-13(22)9-14(23)8-12/h7-10,15H,4-6,11,24H2,1-3H3,(H,25,27)/t15-/m0/s1. The first-order valence-corrected chi connectivity index (χ1v) is 10.5. The van der Waals surface area contributed by atoms with Crippen molar-refractivity contribution >= 4 is 29.0 Å². The second-order valence-corrected chi connectivity index (χ2v) is 9.34. The third-order valence-electron chi connectivity index (χ3n) is 4.52. The van der Waals surface area contributed by atoms with E-state index in [1.165, 1.54) is 18.2 Å². The van der Waals surface area contributed by atoms with Gasteiger partial charge in [-0.05, 0) is 57.4 Å². The monoisotopic (exact) mass is 437 g/mol. The van der Waals surface area contributed by atoms with Crippen molar-refractivity contribution in [3.63, 3.8) is 0 Å². The summed E-state index contributed by atoms with van der Waals surface area (Å²) >= 11 is 1.07. The molecule has 0 spiro atoms. The highest BCUT2D eigenvalue weighted by Crippen LogP contribution is 2.34. The van der Waals surface area contributed by atoms with E-state index in [-0.39, 0.29) is 22.5 Å². The van der Waals surface area contributed by atoms with Crippen LogP contribution in [0.1, 0.15) is 43.3 Å². The third kappa shape index (κ3) is 5.47. The van der Waals surface area contributed by atoms with Gasteiger partial charge in [-0.1, -0.05) is 0 Å². The van der Waals surface area contributed by atoms with Crippen molar-refractivity contribution < 1.29 is 23.1 Å². The van der Waals surface area contributed by atoms with Crippen molar-refractivity contribution in [2.45, 2.75) is 45.3 Å². The number of nitrogens with two attached hydrogens (primary N) is 1. The number of hydrogen-bond acceptors (Lipinski definition) is 5. The van der Waals surface area contributed by atoms with E-state index in [9.17, 15) is 18.4 Å². The van der Waals surface area contributed by atoms with Crippen molar-refractivity contribution in [1.29, 1.82) is 0 Å². The Kier molecular flexibility index (Phi) is 6.30. The number of amides is 2. The first-order valence-electron chi connectivity index (χ1n) is 9.66. The highest BCUT2D eigenvalue weighted by Gasteiger charge is 2.29. The number of likely N-dealkylation sites (tertiary alicyclic amines) is 1. The van der Waals surface area contributed by atoms with Crippen LogP contribution < -0.4 is 11.1 Å². The fourth-order valence-corrected chi connectivity index (χ4v) is 4.23. The van der Waals surface area contributed by atoms with E-state index in [0.717, 1.165) is 30.2 Å². The number of nitrogens with zero attached hydrogens (tertiary/aromatic N) is 1. The molecule has 1 fully saturated rings. The quantitative estimate of drug-likeness (QED) is 0.745. The van der Waals surface area contributed by atoms with E-state index in [4.69, 9.17) is 10.5 Å². The molecule has 1 aliphatic heterocycles. The Morgan fingerprint density at radius 2 is 1.87 bits per heavy atom. The van der Waals surface area contributed by atoms with Gasteiger partial charge < -0.3 is 20.7 Å². The predicted octanol–water partition coefficient (Wildman–Crippen LogP) is 4.40. The second kappa shape index (κ2) is 8.59. The summed E-state index contributed by atoms with van der Waals surface area (Å²) in [5.74, 6) is -1.78. The minimum absolute atomic E-state index is 0.233. The largest absolute Gasteiger partial charge is 0.444 e. The van der Waals surface area contributed by atoms with Crippen LogP contribution in [0.5, 0.6) is 0 Å². The van der Waals surface area contributed by atoms with Gasteiger partial charge in [-0.15, -0.1) is 11.3 Å². The van der Waals surface area contributed by atoms with Gasteiger partial charge >= 0.3 is 6.09 Å². The van der Waals surface area contributed by atoms with Crippen LogP contribution in [0.2, 0.25) is 0 Å². The summed E-state index contributed by atoms with van der Waals surface area (Å²) in [4.78, 5) is 27.4. The predicted molar refractivity (Wildman–Crippen MR) is 112 cm³/mol. The van der Waals surface area contributed by atoms with E-state index in [1.54, 1.807) is 25.7 Å². The van der Waals surface area contributed by atoms with Gasteiger partial charge in [-0.3, -0.25) is 4.79 Å². The maximum atomic E-state index is 13.5. The smallest absolute Gasteiger partial charge is 0.410 e. The summed E-state index contributed by atoms with van der Waals surface area (Å²) in [6.45, 7) is 6.31. The highest BCUT2D eigenvalue weighted by molar-refractivity contribution is 7.18. The summed E-state index contributed by atoms with van der Waals surface area (Å²) < 4.78 is 32.4. The Hall–Kier alpha value is -2.68. The highest BCUT2D eigenvalue weighted by atomic mass is 32.1. The fourth-order valence-electron chi connectivity index (χ4n) is 3.26. The average molecular weight is 438 g/mol. The zero-order valence-corrected chi connectivity index (χ0v) is 17.9. The molecule has 30 heavy (non-hydrogen) atoms. The lowest BCUT2D eigenvalue weighted by Crippen LogP contribution is -2.50. The van der Waals surface area contributed by atoms with Crippen LogP contribution >= 0.6 is 11.3 Å². The zero-order valence-electron chi connectivity index (χ0n) is 17.1. The number of benzene rings is 1. The maximum absolute atomic E-state index is 13.5. The molecule has 2 aromatic rings. The van der Waals surface area contributed by atoms with Gasteiger partial charge in [-0.25, -0.2) is 13.6 Å². The Labute approximate surface area is 178 Å². The molecule has 0 bridgehead atoms. The van der Waals surface area contributed by atoms with Crippen LogP contribution in [0.15, 0.2) is 24.3 Å². The molecule has 2 heterocycles. The first-order chi connectivity index (χ1) is 14.0. The molecule has 0 saturated carbocycles. The molecule has 1 aliphatic rings. The molecule has 3 rings (SSSR count). The van der Waals surface area contributed by atoms with Crippen LogP contribution in [0, 0.1) is 11.6 Å². The molecular formula is C21H25F2N3O3S. The van der Waals surface area contributed by atoms with Crippen molar-refractivity contribution in [3.8, 4) is 10.4 Å². The second-order valence-electron chi connectivity index (χ2n) is 8.29. The normalized spacial score (nSPS) is 17.0. The zero-order chi connectivity index (χ0) is 22.1. The van der Waals surface area contributed by atoms with Crippen molar-refractivity contribution in [1.82, 2.24) is 10.2 Å². The SMILES string of the molecule is CC(C)(C)OC(=O)N1CCC[C@H](NC(=O)c2sc(-c3cc(F)cc(F)c3)cc2N)C1. The van der Waals surface area contributed by atoms with E-state index < -0.39 is 23.3 Å². The minimum Gasteiger partial charge on any atom is -0.444 e. The van der Waals surface area contributed by atoms with Crippen LogP contribution in [-0.4, -0.2) is 41.6 Å². The number of ether oxygens (including phenoxy) is 1. The lowest BCUT2D eigenvalue weighted by Gasteiger charge is -2.34. The van der Waals surface area contributed by atoms with Gasteiger partial charge in [0.05, 0.1) is 5.69 Å². The first kappa shape index (κ1) is 22.0. The fraction of sp³-hybridized carbons (Fsp3) is 0.429. The number of nitrogen functional groups attached to an aromatic ring is 1. The van der Waals surface area contributed by atoms with Gasteiger partial charge in [0.15, 0.2) is 0 Å². The van der Waals surface area contributed by atoms with Crippen molar-refractivity contribution in [2.24, 2.45) is 0 Å². The summed E-state index contributed by atoms with van der Waals surface area (Å²) in [7, 11) is 0. The van der Waals surface area contributed by atoms with E-state index in [1.807, 2.05) is 0 Å². The molecule has 2 amide bonds. The van der Waals surface area contributed by atoms with Gasteiger partial charge in [0.1, 0.15) is 22.1 Å². The number of carbonyl (C=O) groups is 2. The molecule has 3 N–H and O–H groups in total. The third-order valence-corrected chi connectivity index (χ3v) is 5.72. The topological polar surface area (TPSA) is 84.7 Å². The number of piperidine rings is 1. The number of anilines is 1. The van der Waals surface area contributed by atoms with Crippen LogP contribution in [0.25, 0.3) is 10.4 Å². The number of rotatable bonds is 3. The summed E-state index contributed by atoms with van der Waals surface area (Å²) in [5.41, 5.74) is 5.94. The Bertz CT molecular complexity index is 935. The van der Waals surface area contributed by atoms with Gasteiger partial charge in [-0.2, -0.15) is 0 Å². The van der Waals surface area contributed by atoms with Crippen LogP contribution in [0.4, 0.5) is 19.3 Å². The van der Waals surface area contributed by atoms with Gasteiger partial charge in [0, 0.05) is 30.1 Å². The molecular weight excluding hydrogens is 412 g/mol. The Balaban J connectivity index is 1.69. The molecule has 1 atom stereocenters. The number of carbonyl (C=O) groups excluding carboxylic acids is 2. The Morgan fingerprint density at radius 3 is 2.50 bits per heavy atom. The van der Waals surface area contributed by atoms with Crippen molar-refractivity contribution in [2.75, 3.05) is 18.8 Å². The molecule has 0 aliphatic carbocycles. The minimum atomic E-state index is -0.701. The lowest BCUT2D eigenvalue weighted by molar-refractivity contribution is 0.0186. The summed E-state index contributed by atoms with van der Waals surface area (Å²) in [6.07, 6.45) is 1.04. The van der Waals surface area contributed by atoms with E-state index in [2.05, 4.69) is 5.32 Å². The number of halogens is 2. The summed E-state index contributed by atoms with van der Waals surface area (Å²) in [6, 6.07) is 4.46. The van der Waals surface area contributed by atoms with E-state index in [0.29, 0.717) is 23.5 Å². The molecule has 0 unspecified atom stereocenters. The van der Waals surface area contributed by atoms with Crippen LogP contribution in [-0.2, 0) is 4.74 Å². The number of thiophene rings is 1. The molecule has 1 aromatic heterocycles. The van der Waals surface area contributed by atoms with Crippen molar-refractivity contribution in [3.05, 3.63) is 40.8 Å². The van der Waals surface area contributed by atoms with Gasteiger partial charge in [0.25, 0.3) is 5.91 Å². The summed E-state index contributed by atoms with van der Waals surface area (Å²) in [5, 5.41) is 2.91. The number of nitrogens with one attached hydrogen (secondary N) is 1. The molecule has 1 aromatic carbocycles. The van der Waals surface area contributed by atoms with Gasteiger partial charge in [0.2, 0.25) is 0 Å². The Morgan fingerprint density at radius 1 is 1.20 bits per heavy atom. The molecule has 162 valence electrons. The van der Waals surface area contributed by atoms with E-state index >= 15 is 0 Å². The molecule has 6 nitrogen and oxygen atoms in total. The van der Waals surface area contributed by atoms with Crippen LogP contribution in [0.3, 0.4) is 0 Å². The molecule has 9 heteroatoms.